The molecule has 0 aliphatic heterocycles. The van der Waals surface area contributed by atoms with Crippen LogP contribution < -0.4 is 5.32 Å². The average Bonchev–Trinajstić information content (AvgIpc) is 3.30. The van der Waals surface area contributed by atoms with Crippen molar-refractivity contribution >= 4 is 17.5 Å². The lowest BCUT2D eigenvalue weighted by Crippen LogP contribution is -2.36. The lowest BCUT2D eigenvalue weighted by Gasteiger charge is -2.12. The molecule has 1 atom stereocenters. The van der Waals surface area contributed by atoms with Crippen molar-refractivity contribution in [1.29, 1.82) is 5.26 Å². The molecule has 1 amide bonds. The fraction of sp³-hybridized carbons (Fsp3) is 0.316. The molecule has 0 aliphatic rings. The van der Waals surface area contributed by atoms with Crippen molar-refractivity contribution in [2.75, 3.05) is 0 Å². The summed E-state index contributed by atoms with van der Waals surface area (Å²) < 4.78 is 20.4. The van der Waals surface area contributed by atoms with E-state index in [1.807, 2.05) is 0 Å². The van der Waals surface area contributed by atoms with Crippen molar-refractivity contribution in [3.05, 3.63) is 52.5 Å². The highest BCUT2D eigenvalue weighted by Crippen LogP contribution is 2.26. The summed E-state index contributed by atoms with van der Waals surface area (Å²) in [5.74, 6) is -1.56. The zero-order valence-electron chi connectivity index (χ0n) is 16.3. The summed E-state index contributed by atoms with van der Waals surface area (Å²) in [7, 11) is 0. The number of carbonyl (C=O) groups is 1. The number of amides is 1. The molecule has 0 unspecified atom stereocenters. The van der Waals surface area contributed by atoms with E-state index < -0.39 is 17.3 Å². The molecule has 0 saturated carbocycles. The van der Waals surface area contributed by atoms with Crippen LogP contribution in [0.3, 0.4) is 0 Å². The Kier molecular flexibility index (Phi) is 5.87. The minimum absolute atomic E-state index is 0.00494. The van der Waals surface area contributed by atoms with Crippen molar-refractivity contribution in [2.24, 2.45) is 0 Å². The number of hydrogen-bond donors (Lipinski definition) is 2. The van der Waals surface area contributed by atoms with Gasteiger partial charge in [0.05, 0.1) is 17.3 Å². The molecule has 0 aliphatic carbocycles. The maximum atomic E-state index is 14.0. The second-order valence-corrected chi connectivity index (χ2v) is 7.61. The van der Waals surface area contributed by atoms with Crippen molar-refractivity contribution < 1.29 is 18.8 Å². The Morgan fingerprint density at radius 1 is 1.50 bits per heavy atom. The van der Waals surface area contributed by atoms with Gasteiger partial charge in [0, 0.05) is 17.8 Å². The molecule has 0 radical (unpaired) electrons. The Balaban J connectivity index is 1.67. The molecule has 9 nitrogen and oxygen atoms in total. The number of hydrogen-bond acceptors (Lipinski definition) is 7. The van der Waals surface area contributed by atoms with E-state index in [2.05, 4.69) is 20.6 Å². The minimum atomic E-state index is -1.33. The van der Waals surface area contributed by atoms with Gasteiger partial charge >= 0.3 is 11.8 Å². The number of nitriles is 1. The predicted octanol–water partition coefficient (Wildman–Crippen LogP) is 2.64. The Morgan fingerprint density at radius 3 is 2.83 bits per heavy atom. The first-order valence-electron chi connectivity index (χ1n) is 8.89. The Morgan fingerprint density at radius 2 is 2.23 bits per heavy atom. The third kappa shape index (κ3) is 4.64. The monoisotopic (exact) mass is 432 g/mol. The molecule has 1 aromatic carbocycles. The predicted molar refractivity (Wildman–Crippen MR) is 104 cm³/mol. The molecule has 3 aromatic rings. The number of rotatable bonds is 6. The van der Waals surface area contributed by atoms with E-state index in [1.165, 1.54) is 26.0 Å². The van der Waals surface area contributed by atoms with E-state index in [4.69, 9.17) is 21.4 Å². The quantitative estimate of drug-likeness (QED) is 0.612. The first-order valence-corrected chi connectivity index (χ1v) is 9.26. The summed E-state index contributed by atoms with van der Waals surface area (Å²) >= 11 is 5.94. The molecule has 0 saturated heterocycles. The van der Waals surface area contributed by atoms with Gasteiger partial charge in [-0.2, -0.15) is 15.3 Å². The minimum Gasteiger partial charge on any atom is -0.382 e. The molecular weight excluding hydrogens is 415 g/mol. The first kappa shape index (κ1) is 21.4. The first-order chi connectivity index (χ1) is 14.1. The van der Waals surface area contributed by atoms with Crippen LogP contribution in [0.2, 0.25) is 5.02 Å². The molecule has 2 N–H and O–H groups in total. The smallest absolute Gasteiger partial charge is 0.316 e. The summed E-state index contributed by atoms with van der Waals surface area (Å²) in [6.07, 6.45) is 1.67. The standard InChI is InChI=1S/C19H18ClFN6O3/c1-10(23-16(28)17-24-18(26-30-17)19(2,3)29)9-27-5-4-15(25-27)11-6-13(20)12(8-22)14(21)7-11/h4-7,10,29H,9H2,1-3H3,(H,23,28)/t10-/m0/s1. The van der Waals surface area contributed by atoms with Crippen LogP contribution in [0.1, 0.15) is 42.8 Å². The van der Waals surface area contributed by atoms with Crippen molar-refractivity contribution in [3.8, 4) is 17.3 Å². The van der Waals surface area contributed by atoms with Crippen LogP contribution in [0.4, 0.5) is 4.39 Å². The van der Waals surface area contributed by atoms with E-state index in [0.29, 0.717) is 17.8 Å². The summed E-state index contributed by atoms with van der Waals surface area (Å²) in [5.41, 5.74) is -0.653. The van der Waals surface area contributed by atoms with Crippen LogP contribution in [-0.4, -0.2) is 37.0 Å². The molecule has 3 rings (SSSR count). The van der Waals surface area contributed by atoms with E-state index in [9.17, 15) is 14.3 Å². The summed E-state index contributed by atoms with van der Waals surface area (Å²) in [6, 6.07) is 5.68. The normalized spacial score (nSPS) is 12.4. The molecule has 0 bridgehead atoms. The van der Waals surface area contributed by atoms with Crippen LogP contribution in [0, 0.1) is 17.1 Å². The van der Waals surface area contributed by atoms with Gasteiger partial charge in [0.15, 0.2) is 0 Å². The van der Waals surface area contributed by atoms with Gasteiger partial charge in [-0.25, -0.2) is 4.39 Å². The third-order valence-electron chi connectivity index (χ3n) is 4.10. The number of halogens is 2. The van der Waals surface area contributed by atoms with Crippen LogP contribution in [0.25, 0.3) is 11.3 Å². The molecule has 30 heavy (non-hydrogen) atoms. The molecule has 0 fully saturated rings. The maximum absolute atomic E-state index is 14.0. The van der Waals surface area contributed by atoms with E-state index in [1.54, 1.807) is 29.9 Å². The van der Waals surface area contributed by atoms with Crippen LogP contribution in [-0.2, 0) is 12.1 Å². The number of aromatic nitrogens is 4. The second-order valence-electron chi connectivity index (χ2n) is 7.21. The van der Waals surface area contributed by atoms with Gasteiger partial charge in [-0.15, -0.1) is 0 Å². The van der Waals surface area contributed by atoms with E-state index in [-0.39, 0.29) is 28.3 Å². The number of aliphatic hydroxyl groups is 1. The van der Waals surface area contributed by atoms with Gasteiger partial charge in [0.25, 0.3) is 0 Å². The lowest BCUT2D eigenvalue weighted by molar-refractivity contribution is 0.0660. The average molecular weight is 433 g/mol. The third-order valence-corrected chi connectivity index (χ3v) is 4.39. The van der Waals surface area contributed by atoms with Gasteiger partial charge in [-0.05, 0) is 39.0 Å². The van der Waals surface area contributed by atoms with Crippen molar-refractivity contribution in [2.45, 2.75) is 39.0 Å². The van der Waals surface area contributed by atoms with Crippen molar-refractivity contribution in [1.82, 2.24) is 25.2 Å². The summed E-state index contributed by atoms with van der Waals surface area (Å²) in [6.45, 7) is 5.02. The van der Waals surface area contributed by atoms with E-state index >= 15 is 0 Å². The molecule has 0 spiro atoms. The Bertz CT molecular complexity index is 1100. The highest BCUT2D eigenvalue weighted by molar-refractivity contribution is 6.32. The topological polar surface area (TPSA) is 130 Å². The van der Waals surface area contributed by atoms with Gasteiger partial charge < -0.3 is 14.9 Å². The fourth-order valence-electron chi connectivity index (χ4n) is 2.62. The van der Waals surface area contributed by atoms with Gasteiger partial charge in [0.1, 0.15) is 23.1 Å². The number of carbonyl (C=O) groups excluding carboxylic acids is 1. The summed E-state index contributed by atoms with van der Waals surface area (Å²) in [4.78, 5) is 16.1. The lowest BCUT2D eigenvalue weighted by atomic mass is 10.1. The largest absolute Gasteiger partial charge is 0.382 e. The SMILES string of the molecule is C[C@@H](Cn1ccc(-c2cc(F)c(C#N)c(Cl)c2)n1)NC(=O)c1nc(C(C)(C)O)no1. The molecule has 2 aromatic heterocycles. The Labute approximate surface area is 176 Å². The van der Waals surface area contributed by atoms with Crippen LogP contribution in [0.15, 0.2) is 28.9 Å². The zero-order chi connectivity index (χ0) is 22.1. The van der Waals surface area contributed by atoms with Crippen LogP contribution >= 0.6 is 11.6 Å². The maximum Gasteiger partial charge on any atom is 0.316 e. The highest BCUT2D eigenvalue weighted by atomic mass is 35.5. The number of benzene rings is 1. The van der Waals surface area contributed by atoms with Crippen molar-refractivity contribution in [3.63, 3.8) is 0 Å². The molecular formula is C19H18ClFN6O3. The summed E-state index contributed by atoms with van der Waals surface area (Å²) in [5, 5.41) is 29.4. The highest BCUT2D eigenvalue weighted by Gasteiger charge is 2.26. The van der Waals surface area contributed by atoms with Crippen LogP contribution in [0.5, 0.6) is 0 Å². The number of nitrogens with one attached hydrogen (secondary N) is 1. The Hall–Kier alpha value is -3.29. The zero-order valence-corrected chi connectivity index (χ0v) is 17.1. The number of nitrogens with zero attached hydrogens (tertiary/aromatic N) is 5. The molecule has 11 heteroatoms. The molecule has 2 heterocycles. The second kappa shape index (κ2) is 8.22. The van der Waals surface area contributed by atoms with Gasteiger partial charge in [-0.3, -0.25) is 9.48 Å². The van der Waals surface area contributed by atoms with Gasteiger partial charge in [-0.1, -0.05) is 16.8 Å². The fourth-order valence-corrected chi connectivity index (χ4v) is 2.87. The van der Waals surface area contributed by atoms with Gasteiger partial charge in [0.2, 0.25) is 5.82 Å². The van der Waals surface area contributed by atoms with E-state index in [0.717, 1.165) is 0 Å². The molecule has 156 valence electrons.